The third-order valence-electron chi connectivity index (χ3n) is 2.67. The van der Waals surface area contributed by atoms with Crippen LogP contribution in [-0.2, 0) is 0 Å². The molecule has 0 saturated heterocycles. The Labute approximate surface area is 128 Å². The summed E-state index contributed by atoms with van der Waals surface area (Å²) in [5.74, 6) is 0.316. The highest BCUT2D eigenvalue weighted by molar-refractivity contribution is 7.15. The first-order valence-corrected chi connectivity index (χ1v) is 7.64. The van der Waals surface area contributed by atoms with Crippen molar-refractivity contribution in [2.45, 2.75) is 19.8 Å². The Balaban J connectivity index is 1.67. The third-order valence-corrected chi connectivity index (χ3v) is 3.81. The third kappa shape index (κ3) is 5.03. The number of nitrogens with zero attached hydrogens (tertiary/aromatic N) is 2. The van der Waals surface area contributed by atoms with Gasteiger partial charge in [-0.25, -0.2) is 4.79 Å². The van der Waals surface area contributed by atoms with Crippen molar-refractivity contribution in [2.75, 3.05) is 23.7 Å². The number of anilines is 2. The molecule has 0 radical (unpaired) electrons. The molecule has 3 N–H and O–H groups in total. The summed E-state index contributed by atoms with van der Waals surface area (Å²) < 4.78 is 0. The molecule has 7 heteroatoms. The number of para-hydroxylation sites is 1. The molecule has 0 fully saturated rings. The molecule has 0 saturated carbocycles. The minimum absolute atomic E-state index is 0.267. The number of hydrogen-bond donors (Lipinski definition) is 3. The summed E-state index contributed by atoms with van der Waals surface area (Å²) >= 11 is 1.40. The first-order chi connectivity index (χ1) is 10.1. The Bertz CT molecular complexity index is 570. The minimum Gasteiger partial charge on any atom is -0.383 e. The minimum atomic E-state index is -0.267. The van der Waals surface area contributed by atoms with Gasteiger partial charge in [-0.1, -0.05) is 43.4 Å². The molecule has 0 aliphatic carbocycles. The van der Waals surface area contributed by atoms with E-state index in [1.165, 1.54) is 11.3 Å². The van der Waals surface area contributed by atoms with Gasteiger partial charge in [-0.05, 0) is 12.1 Å². The Morgan fingerprint density at radius 1 is 1.19 bits per heavy atom. The van der Waals surface area contributed by atoms with Gasteiger partial charge in [0.2, 0.25) is 5.13 Å². The smallest absolute Gasteiger partial charge is 0.321 e. The van der Waals surface area contributed by atoms with Crippen molar-refractivity contribution in [2.24, 2.45) is 0 Å². The Kier molecular flexibility index (Phi) is 5.51. The summed E-state index contributed by atoms with van der Waals surface area (Å²) in [7, 11) is 0. The summed E-state index contributed by atoms with van der Waals surface area (Å²) in [5, 5.41) is 18.1. The van der Waals surface area contributed by atoms with Crippen LogP contribution in [0.15, 0.2) is 30.3 Å². The lowest BCUT2D eigenvalue weighted by Gasteiger charge is -2.07. The number of rotatable bonds is 6. The number of hydrogen-bond acceptors (Lipinski definition) is 5. The number of benzene rings is 1. The first-order valence-electron chi connectivity index (χ1n) is 6.82. The van der Waals surface area contributed by atoms with Crippen molar-refractivity contribution in [1.82, 2.24) is 15.5 Å². The molecule has 0 aliphatic heterocycles. The zero-order chi connectivity index (χ0) is 15.1. The molecule has 1 heterocycles. The first kappa shape index (κ1) is 15.2. The lowest BCUT2D eigenvalue weighted by Crippen LogP contribution is -2.32. The predicted molar refractivity (Wildman–Crippen MR) is 86.0 cm³/mol. The molecule has 0 spiro atoms. The molecule has 2 amide bonds. The quantitative estimate of drug-likeness (QED) is 0.717. The van der Waals surface area contributed by atoms with E-state index in [9.17, 15) is 4.79 Å². The fourth-order valence-electron chi connectivity index (χ4n) is 1.60. The Morgan fingerprint density at radius 3 is 2.62 bits per heavy atom. The molecule has 0 atom stereocenters. The molecule has 1 aromatic heterocycles. The predicted octanol–water partition coefficient (Wildman–Crippen LogP) is 2.90. The van der Waals surface area contributed by atoms with Crippen LogP contribution in [0, 0.1) is 0 Å². The fourth-order valence-corrected chi connectivity index (χ4v) is 2.34. The summed E-state index contributed by atoms with van der Waals surface area (Å²) in [6, 6.07) is 9.58. The van der Waals surface area contributed by atoms with Crippen molar-refractivity contribution < 1.29 is 4.79 Å². The van der Waals surface area contributed by atoms with E-state index in [0.29, 0.717) is 24.1 Å². The van der Waals surface area contributed by atoms with E-state index in [1.807, 2.05) is 44.2 Å². The topological polar surface area (TPSA) is 78.9 Å². The molecule has 2 aromatic rings. The number of nitrogens with one attached hydrogen (secondary N) is 3. The second-order valence-electron chi connectivity index (χ2n) is 4.77. The number of carbonyl (C=O) groups excluding carboxylic acids is 1. The monoisotopic (exact) mass is 305 g/mol. The van der Waals surface area contributed by atoms with Crippen LogP contribution in [0.4, 0.5) is 15.6 Å². The van der Waals surface area contributed by atoms with Gasteiger partial charge in [0.25, 0.3) is 0 Å². The van der Waals surface area contributed by atoms with Crippen molar-refractivity contribution in [3.63, 3.8) is 0 Å². The highest BCUT2D eigenvalue weighted by atomic mass is 32.1. The Morgan fingerprint density at radius 2 is 1.95 bits per heavy atom. The standard InChI is InChI=1S/C14H19N5OS/c1-10(2)12-18-19-14(21-12)17-13(20)16-9-8-15-11-6-4-3-5-7-11/h3-7,10,15H,8-9H2,1-2H3,(H2,16,17,19,20). The van der Waals surface area contributed by atoms with Crippen molar-refractivity contribution in [3.05, 3.63) is 35.3 Å². The maximum Gasteiger partial charge on any atom is 0.321 e. The number of amides is 2. The van der Waals surface area contributed by atoms with Crippen LogP contribution in [0.5, 0.6) is 0 Å². The molecule has 2 rings (SSSR count). The molecular formula is C14H19N5OS. The van der Waals surface area contributed by atoms with E-state index in [2.05, 4.69) is 26.1 Å². The summed E-state index contributed by atoms with van der Waals surface area (Å²) in [6.45, 7) is 5.26. The van der Waals surface area contributed by atoms with Gasteiger partial charge in [-0.15, -0.1) is 10.2 Å². The van der Waals surface area contributed by atoms with Crippen LogP contribution >= 0.6 is 11.3 Å². The van der Waals surface area contributed by atoms with E-state index in [4.69, 9.17) is 0 Å². The second-order valence-corrected chi connectivity index (χ2v) is 5.78. The van der Waals surface area contributed by atoms with E-state index in [1.54, 1.807) is 0 Å². The molecule has 0 bridgehead atoms. The van der Waals surface area contributed by atoms with Crippen LogP contribution in [0.1, 0.15) is 24.8 Å². The van der Waals surface area contributed by atoms with Gasteiger partial charge in [0.15, 0.2) is 0 Å². The average molecular weight is 305 g/mol. The van der Waals surface area contributed by atoms with E-state index in [-0.39, 0.29) is 6.03 Å². The van der Waals surface area contributed by atoms with Crippen LogP contribution in [0.3, 0.4) is 0 Å². The van der Waals surface area contributed by atoms with Gasteiger partial charge in [0, 0.05) is 24.7 Å². The van der Waals surface area contributed by atoms with Gasteiger partial charge < -0.3 is 10.6 Å². The molecule has 0 unspecified atom stereocenters. The molecule has 6 nitrogen and oxygen atoms in total. The van der Waals surface area contributed by atoms with Crippen LogP contribution in [-0.4, -0.2) is 29.3 Å². The van der Waals surface area contributed by atoms with Crippen LogP contribution in [0.25, 0.3) is 0 Å². The van der Waals surface area contributed by atoms with E-state index >= 15 is 0 Å². The largest absolute Gasteiger partial charge is 0.383 e. The summed E-state index contributed by atoms with van der Waals surface area (Å²) in [5.41, 5.74) is 1.03. The lowest BCUT2D eigenvalue weighted by atomic mass is 10.2. The van der Waals surface area contributed by atoms with Gasteiger partial charge >= 0.3 is 6.03 Å². The number of urea groups is 1. The summed E-state index contributed by atoms with van der Waals surface area (Å²) in [4.78, 5) is 11.7. The number of aromatic nitrogens is 2. The Hall–Kier alpha value is -2.15. The van der Waals surface area contributed by atoms with Crippen molar-refractivity contribution in [1.29, 1.82) is 0 Å². The molecule has 0 aliphatic rings. The molecule has 112 valence electrons. The highest BCUT2D eigenvalue weighted by Crippen LogP contribution is 2.22. The van der Waals surface area contributed by atoms with E-state index < -0.39 is 0 Å². The van der Waals surface area contributed by atoms with Gasteiger partial charge in [-0.3, -0.25) is 5.32 Å². The van der Waals surface area contributed by atoms with Gasteiger partial charge in [-0.2, -0.15) is 0 Å². The van der Waals surface area contributed by atoms with Crippen molar-refractivity contribution >= 4 is 28.2 Å². The van der Waals surface area contributed by atoms with Gasteiger partial charge in [0.05, 0.1) is 0 Å². The van der Waals surface area contributed by atoms with Crippen LogP contribution < -0.4 is 16.0 Å². The highest BCUT2D eigenvalue weighted by Gasteiger charge is 2.09. The molecule has 21 heavy (non-hydrogen) atoms. The maximum atomic E-state index is 11.7. The molecule has 1 aromatic carbocycles. The zero-order valence-electron chi connectivity index (χ0n) is 12.1. The molecular weight excluding hydrogens is 286 g/mol. The van der Waals surface area contributed by atoms with E-state index in [0.717, 1.165) is 10.7 Å². The van der Waals surface area contributed by atoms with Crippen molar-refractivity contribution in [3.8, 4) is 0 Å². The van der Waals surface area contributed by atoms with Gasteiger partial charge in [0.1, 0.15) is 5.01 Å². The van der Waals surface area contributed by atoms with Crippen LogP contribution in [0.2, 0.25) is 0 Å². The fraction of sp³-hybridized carbons (Fsp3) is 0.357. The summed E-state index contributed by atoms with van der Waals surface area (Å²) in [6.07, 6.45) is 0. The normalized spacial score (nSPS) is 10.4. The lowest BCUT2D eigenvalue weighted by molar-refractivity contribution is 0.252. The number of carbonyl (C=O) groups is 1. The maximum absolute atomic E-state index is 11.7. The second kappa shape index (κ2) is 7.58. The average Bonchev–Trinajstić information content (AvgIpc) is 2.93. The SMILES string of the molecule is CC(C)c1nnc(NC(=O)NCCNc2ccccc2)s1. The zero-order valence-corrected chi connectivity index (χ0v) is 12.9.